The Morgan fingerprint density at radius 2 is 2.12 bits per heavy atom. The Morgan fingerprint density at radius 1 is 1.38 bits per heavy atom. The van der Waals surface area contributed by atoms with Crippen molar-refractivity contribution in [2.45, 2.75) is 31.8 Å². The first-order chi connectivity index (χ1) is 7.75. The van der Waals surface area contributed by atoms with Crippen molar-refractivity contribution < 1.29 is 5.11 Å². The predicted octanol–water partition coefficient (Wildman–Crippen LogP) is 2.79. The second-order valence-corrected chi connectivity index (χ2v) is 6.03. The minimum atomic E-state index is -0.161. The molecule has 2 saturated carbocycles. The van der Waals surface area contributed by atoms with Crippen LogP contribution in [0.2, 0.25) is 0 Å². The van der Waals surface area contributed by atoms with Gasteiger partial charge in [-0.05, 0) is 58.2 Å². The molecule has 0 radical (unpaired) electrons. The lowest BCUT2D eigenvalue weighted by Gasteiger charge is -2.12. The zero-order chi connectivity index (χ0) is 11.1. The van der Waals surface area contributed by atoms with Gasteiger partial charge in [-0.15, -0.1) is 0 Å². The number of nitrogens with zero attached hydrogens (tertiary/aromatic N) is 1. The lowest BCUT2D eigenvalue weighted by molar-refractivity contribution is 0.135. The van der Waals surface area contributed by atoms with Gasteiger partial charge in [-0.3, -0.25) is 4.98 Å². The molecule has 1 N–H and O–H groups in total. The van der Waals surface area contributed by atoms with Crippen molar-refractivity contribution in [2.24, 2.45) is 17.8 Å². The average molecular weight is 282 g/mol. The molecular formula is C13H16BrNO. The Morgan fingerprint density at radius 3 is 2.81 bits per heavy atom. The zero-order valence-electron chi connectivity index (χ0n) is 9.14. The minimum Gasteiger partial charge on any atom is -0.392 e. The fourth-order valence-electron chi connectivity index (χ4n) is 3.39. The molecule has 0 aromatic carbocycles. The molecule has 86 valence electrons. The summed E-state index contributed by atoms with van der Waals surface area (Å²) in [6.07, 6.45) is 8.27. The third kappa shape index (κ3) is 1.91. The zero-order valence-corrected chi connectivity index (χ0v) is 10.7. The van der Waals surface area contributed by atoms with Gasteiger partial charge < -0.3 is 5.11 Å². The number of aromatic nitrogens is 1. The van der Waals surface area contributed by atoms with E-state index in [4.69, 9.17) is 0 Å². The summed E-state index contributed by atoms with van der Waals surface area (Å²) in [5.41, 5.74) is 1.13. The molecular weight excluding hydrogens is 266 g/mol. The van der Waals surface area contributed by atoms with E-state index in [1.807, 2.05) is 12.3 Å². The van der Waals surface area contributed by atoms with E-state index < -0.39 is 0 Å². The smallest absolute Gasteiger partial charge is 0.0614 e. The van der Waals surface area contributed by atoms with Gasteiger partial charge in [-0.25, -0.2) is 0 Å². The minimum absolute atomic E-state index is 0.161. The number of halogens is 1. The van der Waals surface area contributed by atoms with Crippen LogP contribution in [0.15, 0.2) is 22.9 Å². The number of pyridine rings is 1. The van der Waals surface area contributed by atoms with E-state index in [0.717, 1.165) is 28.3 Å². The number of aliphatic hydroxyl groups excluding tert-OH is 1. The maximum atomic E-state index is 10.2. The number of hydrogen-bond acceptors (Lipinski definition) is 2. The summed E-state index contributed by atoms with van der Waals surface area (Å²) < 4.78 is 0.994. The van der Waals surface area contributed by atoms with Crippen LogP contribution in [0.4, 0.5) is 0 Å². The van der Waals surface area contributed by atoms with Gasteiger partial charge in [0, 0.05) is 23.3 Å². The average Bonchev–Trinajstić information content (AvgIpc) is 2.73. The monoisotopic (exact) mass is 281 g/mol. The van der Waals surface area contributed by atoms with Crippen LogP contribution >= 0.6 is 15.9 Å². The van der Waals surface area contributed by atoms with Crippen LogP contribution in [0.5, 0.6) is 0 Å². The lowest BCUT2D eigenvalue weighted by Crippen LogP contribution is -2.16. The van der Waals surface area contributed by atoms with Crippen LogP contribution in [0.1, 0.15) is 24.8 Å². The lowest BCUT2D eigenvalue weighted by atomic mass is 10.0. The third-order valence-electron chi connectivity index (χ3n) is 4.12. The number of rotatable bonds is 3. The fourth-order valence-corrected chi connectivity index (χ4v) is 3.80. The molecule has 2 fully saturated rings. The van der Waals surface area contributed by atoms with Crippen LogP contribution in [-0.2, 0) is 6.42 Å². The summed E-state index contributed by atoms with van der Waals surface area (Å²) >= 11 is 3.41. The van der Waals surface area contributed by atoms with Gasteiger partial charge in [0.05, 0.1) is 6.10 Å². The van der Waals surface area contributed by atoms with Gasteiger partial charge in [0.15, 0.2) is 0 Å². The molecule has 1 aromatic heterocycles. The van der Waals surface area contributed by atoms with Crippen molar-refractivity contribution in [3.63, 3.8) is 0 Å². The Balaban J connectivity index is 1.63. The Kier molecular flexibility index (Phi) is 2.76. The van der Waals surface area contributed by atoms with Gasteiger partial charge in [-0.1, -0.05) is 6.42 Å². The maximum absolute atomic E-state index is 10.2. The van der Waals surface area contributed by atoms with Crippen LogP contribution in [0.3, 0.4) is 0 Å². The van der Waals surface area contributed by atoms with E-state index in [-0.39, 0.29) is 6.10 Å². The summed E-state index contributed by atoms with van der Waals surface area (Å²) in [6.45, 7) is 0. The van der Waals surface area contributed by atoms with Gasteiger partial charge >= 0.3 is 0 Å². The molecule has 0 spiro atoms. The highest BCUT2D eigenvalue weighted by Crippen LogP contribution is 2.59. The number of hydrogen-bond donors (Lipinski definition) is 1. The first-order valence-electron chi connectivity index (χ1n) is 6.03. The molecule has 3 heteroatoms. The number of aliphatic hydroxyl groups is 1. The highest BCUT2D eigenvalue weighted by Gasteiger charge is 2.55. The SMILES string of the molecule is OC(Cc1cncc(Br)c1)C1C2CCCC21. The van der Waals surface area contributed by atoms with Crippen LogP contribution < -0.4 is 0 Å². The van der Waals surface area contributed by atoms with E-state index >= 15 is 0 Å². The van der Waals surface area contributed by atoms with Crippen molar-refractivity contribution in [2.75, 3.05) is 0 Å². The molecule has 0 amide bonds. The molecule has 1 aromatic rings. The van der Waals surface area contributed by atoms with Crippen LogP contribution in [0, 0.1) is 17.8 Å². The van der Waals surface area contributed by atoms with Gasteiger partial charge in [-0.2, -0.15) is 0 Å². The maximum Gasteiger partial charge on any atom is 0.0614 e. The highest BCUT2D eigenvalue weighted by atomic mass is 79.9. The summed E-state index contributed by atoms with van der Waals surface area (Å²) in [4.78, 5) is 4.13. The van der Waals surface area contributed by atoms with Crippen molar-refractivity contribution in [1.29, 1.82) is 0 Å². The predicted molar refractivity (Wildman–Crippen MR) is 66.0 cm³/mol. The molecule has 0 saturated heterocycles. The number of fused-ring (bicyclic) bond motifs is 1. The largest absolute Gasteiger partial charge is 0.392 e. The van der Waals surface area contributed by atoms with Crippen molar-refractivity contribution in [3.8, 4) is 0 Å². The molecule has 3 atom stereocenters. The van der Waals surface area contributed by atoms with Crippen molar-refractivity contribution in [3.05, 3.63) is 28.5 Å². The summed E-state index contributed by atoms with van der Waals surface area (Å²) in [6, 6.07) is 2.05. The molecule has 2 aliphatic carbocycles. The molecule has 2 nitrogen and oxygen atoms in total. The Labute approximate surface area is 104 Å². The van der Waals surface area contributed by atoms with Crippen LogP contribution in [-0.4, -0.2) is 16.2 Å². The van der Waals surface area contributed by atoms with Gasteiger partial charge in [0.25, 0.3) is 0 Å². The van der Waals surface area contributed by atoms with Gasteiger partial charge in [0.2, 0.25) is 0 Å². The fraction of sp³-hybridized carbons (Fsp3) is 0.615. The summed E-state index contributed by atoms with van der Waals surface area (Å²) in [5.74, 6) is 2.23. The van der Waals surface area contributed by atoms with E-state index in [1.54, 1.807) is 6.20 Å². The molecule has 3 unspecified atom stereocenters. The van der Waals surface area contributed by atoms with E-state index in [1.165, 1.54) is 19.3 Å². The molecule has 2 aliphatic rings. The first-order valence-corrected chi connectivity index (χ1v) is 6.82. The highest BCUT2D eigenvalue weighted by molar-refractivity contribution is 9.10. The molecule has 1 heterocycles. The van der Waals surface area contributed by atoms with E-state index in [0.29, 0.717) is 5.92 Å². The molecule has 3 rings (SSSR count). The topological polar surface area (TPSA) is 33.1 Å². The van der Waals surface area contributed by atoms with E-state index in [2.05, 4.69) is 20.9 Å². The first kappa shape index (κ1) is 10.7. The summed E-state index contributed by atoms with van der Waals surface area (Å²) in [5, 5.41) is 10.2. The van der Waals surface area contributed by atoms with Crippen LogP contribution in [0.25, 0.3) is 0 Å². The molecule has 16 heavy (non-hydrogen) atoms. The molecule has 0 aliphatic heterocycles. The Hall–Kier alpha value is -0.410. The second-order valence-electron chi connectivity index (χ2n) is 5.12. The summed E-state index contributed by atoms with van der Waals surface area (Å²) in [7, 11) is 0. The second kappa shape index (κ2) is 4.11. The molecule has 0 bridgehead atoms. The normalized spacial score (nSPS) is 33.5. The van der Waals surface area contributed by atoms with E-state index in [9.17, 15) is 5.11 Å². The standard InChI is InChI=1S/C13H16BrNO/c14-9-4-8(6-15-7-9)5-12(16)13-10-2-1-3-11(10)13/h4,6-7,10-13,16H,1-3,5H2. The third-order valence-corrected chi connectivity index (χ3v) is 4.56. The quantitative estimate of drug-likeness (QED) is 0.924. The van der Waals surface area contributed by atoms with Gasteiger partial charge in [0.1, 0.15) is 0 Å². The Bertz CT molecular complexity index is 385. The van der Waals surface area contributed by atoms with Crippen molar-refractivity contribution >= 4 is 15.9 Å². The van der Waals surface area contributed by atoms with Crippen molar-refractivity contribution in [1.82, 2.24) is 4.98 Å².